The molecule has 0 aliphatic heterocycles. The SMILES string of the molecule is C1=CCC(CC(NN=C2CCCCC2)c2ccccc2)=C1. The first-order chi connectivity index (χ1) is 10.4. The summed E-state index contributed by atoms with van der Waals surface area (Å²) in [4.78, 5) is 0. The van der Waals surface area contributed by atoms with Gasteiger partial charge in [0.05, 0.1) is 6.04 Å². The molecule has 110 valence electrons. The highest BCUT2D eigenvalue weighted by atomic mass is 15.3. The Kier molecular flexibility index (Phi) is 4.88. The molecule has 2 aliphatic carbocycles. The van der Waals surface area contributed by atoms with Crippen LogP contribution in [0.25, 0.3) is 0 Å². The van der Waals surface area contributed by atoms with Crippen molar-refractivity contribution in [2.24, 2.45) is 5.10 Å². The molecule has 1 unspecified atom stereocenters. The Morgan fingerprint density at radius 2 is 1.86 bits per heavy atom. The molecule has 0 heterocycles. The number of rotatable bonds is 5. The lowest BCUT2D eigenvalue weighted by atomic mass is 9.98. The number of nitrogens with zero attached hydrogens (tertiary/aromatic N) is 1. The molecule has 3 rings (SSSR count). The highest BCUT2D eigenvalue weighted by molar-refractivity contribution is 5.84. The lowest BCUT2D eigenvalue weighted by molar-refractivity contribution is 0.541. The predicted molar refractivity (Wildman–Crippen MR) is 89.3 cm³/mol. The summed E-state index contributed by atoms with van der Waals surface area (Å²) in [6, 6.07) is 11.0. The molecule has 0 saturated heterocycles. The van der Waals surface area contributed by atoms with Crippen molar-refractivity contribution in [3.05, 3.63) is 59.7 Å². The quantitative estimate of drug-likeness (QED) is 0.761. The maximum atomic E-state index is 4.72. The molecule has 2 aliphatic rings. The Morgan fingerprint density at radius 1 is 1.05 bits per heavy atom. The summed E-state index contributed by atoms with van der Waals surface area (Å²) in [5, 5.41) is 4.72. The maximum absolute atomic E-state index is 4.72. The van der Waals surface area contributed by atoms with E-state index in [0.29, 0.717) is 0 Å². The number of benzene rings is 1. The summed E-state index contributed by atoms with van der Waals surface area (Å²) in [6.45, 7) is 0. The van der Waals surface area contributed by atoms with Crippen LogP contribution in [-0.4, -0.2) is 5.71 Å². The van der Waals surface area contributed by atoms with E-state index in [-0.39, 0.29) is 6.04 Å². The van der Waals surface area contributed by atoms with Gasteiger partial charge in [-0.05, 0) is 44.1 Å². The van der Waals surface area contributed by atoms with Gasteiger partial charge in [0.15, 0.2) is 0 Å². The number of hydrogen-bond donors (Lipinski definition) is 1. The van der Waals surface area contributed by atoms with Crippen LogP contribution in [0.2, 0.25) is 0 Å². The molecule has 0 aromatic heterocycles. The molecular formula is C19H24N2. The highest BCUT2D eigenvalue weighted by Crippen LogP contribution is 2.26. The average molecular weight is 280 g/mol. The molecular weight excluding hydrogens is 256 g/mol. The van der Waals surface area contributed by atoms with E-state index in [9.17, 15) is 0 Å². The predicted octanol–water partition coefficient (Wildman–Crippen LogP) is 4.91. The molecule has 0 spiro atoms. The molecule has 1 aromatic rings. The number of hydrazone groups is 1. The molecule has 1 aromatic carbocycles. The first-order valence-electron chi connectivity index (χ1n) is 8.12. The molecule has 0 bridgehead atoms. The third kappa shape index (κ3) is 4.07. The lowest BCUT2D eigenvalue weighted by Crippen LogP contribution is -2.19. The highest BCUT2D eigenvalue weighted by Gasteiger charge is 2.14. The Labute approximate surface area is 127 Å². The summed E-state index contributed by atoms with van der Waals surface area (Å²) in [7, 11) is 0. The normalized spacial score (nSPS) is 19.2. The average Bonchev–Trinajstić information content (AvgIpc) is 3.06. The van der Waals surface area contributed by atoms with Crippen molar-refractivity contribution in [1.29, 1.82) is 0 Å². The molecule has 0 radical (unpaired) electrons. The second-order valence-electron chi connectivity index (χ2n) is 5.99. The maximum Gasteiger partial charge on any atom is 0.0726 e. The molecule has 0 amide bonds. The van der Waals surface area contributed by atoms with E-state index in [1.165, 1.54) is 49.0 Å². The molecule has 21 heavy (non-hydrogen) atoms. The van der Waals surface area contributed by atoms with Gasteiger partial charge in [0, 0.05) is 5.71 Å². The van der Waals surface area contributed by atoms with E-state index >= 15 is 0 Å². The zero-order valence-corrected chi connectivity index (χ0v) is 12.6. The lowest BCUT2D eigenvalue weighted by Gasteiger charge is -2.20. The molecule has 1 atom stereocenters. The first kappa shape index (κ1) is 14.1. The van der Waals surface area contributed by atoms with Crippen LogP contribution in [0.4, 0.5) is 0 Å². The van der Waals surface area contributed by atoms with Gasteiger partial charge in [-0.1, -0.05) is 60.6 Å². The van der Waals surface area contributed by atoms with Crippen molar-refractivity contribution in [1.82, 2.24) is 5.43 Å². The number of allylic oxidation sites excluding steroid dienone is 3. The van der Waals surface area contributed by atoms with Gasteiger partial charge >= 0.3 is 0 Å². The second kappa shape index (κ2) is 7.26. The van der Waals surface area contributed by atoms with Gasteiger partial charge in [0.25, 0.3) is 0 Å². The summed E-state index contributed by atoms with van der Waals surface area (Å²) >= 11 is 0. The van der Waals surface area contributed by atoms with E-state index in [1.54, 1.807) is 0 Å². The monoisotopic (exact) mass is 280 g/mol. The van der Waals surface area contributed by atoms with Crippen LogP contribution in [0.1, 0.15) is 56.6 Å². The van der Waals surface area contributed by atoms with Crippen LogP contribution < -0.4 is 5.43 Å². The van der Waals surface area contributed by atoms with Gasteiger partial charge in [0.2, 0.25) is 0 Å². The smallest absolute Gasteiger partial charge is 0.0726 e. The minimum atomic E-state index is 0.284. The minimum absolute atomic E-state index is 0.284. The Bertz CT molecular complexity index is 532. The molecule has 1 N–H and O–H groups in total. The molecule has 1 fully saturated rings. The van der Waals surface area contributed by atoms with Crippen molar-refractivity contribution in [3.63, 3.8) is 0 Å². The topological polar surface area (TPSA) is 24.4 Å². The Hall–Kier alpha value is -1.83. The zero-order chi connectivity index (χ0) is 14.3. The van der Waals surface area contributed by atoms with Gasteiger partial charge in [-0.3, -0.25) is 0 Å². The molecule has 2 heteroatoms. The van der Waals surface area contributed by atoms with Crippen LogP contribution in [0.15, 0.2) is 59.2 Å². The van der Waals surface area contributed by atoms with Gasteiger partial charge in [-0.25, -0.2) is 0 Å². The third-order valence-electron chi connectivity index (χ3n) is 4.33. The fourth-order valence-electron chi connectivity index (χ4n) is 3.07. The Morgan fingerprint density at radius 3 is 2.57 bits per heavy atom. The van der Waals surface area contributed by atoms with Crippen LogP contribution >= 0.6 is 0 Å². The summed E-state index contributed by atoms with van der Waals surface area (Å²) in [6.07, 6.45) is 15.0. The minimum Gasteiger partial charge on any atom is -0.302 e. The summed E-state index contributed by atoms with van der Waals surface area (Å²) < 4.78 is 0. The first-order valence-corrected chi connectivity index (χ1v) is 8.12. The van der Waals surface area contributed by atoms with Gasteiger partial charge in [-0.2, -0.15) is 5.10 Å². The number of hydrogen-bond acceptors (Lipinski definition) is 2. The summed E-state index contributed by atoms with van der Waals surface area (Å²) in [5.74, 6) is 0. The van der Waals surface area contributed by atoms with Crippen LogP contribution in [-0.2, 0) is 0 Å². The van der Waals surface area contributed by atoms with Crippen molar-refractivity contribution in [2.45, 2.75) is 51.0 Å². The largest absolute Gasteiger partial charge is 0.302 e. The standard InChI is InChI=1S/C19H24N2/c1-3-11-17(12-4-1)19(15-16-9-7-8-10-16)21-20-18-13-5-2-6-14-18/h1,3-4,7-9,11-12,19,21H,2,5-6,10,13-15H2. The van der Waals surface area contributed by atoms with E-state index in [2.05, 4.69) is 54.0 Å². The number of nitrogens with one attached hydrogen (secondary N) is 1. The molecule has 1 saturated carbocycles. The van der Waals surface area contributed by atoms with Crippen LogP contribution in [0, 0.1) is 0 Å². The fraction of sp³-hybridized carbons (Fsp3) is 0.421. The summed E-state index contributed by atoms with van der Waals surface area (Å²) in [5.41, 5.74) is 7.61. The Balaban J connectivity index is 1.69. The van der Waals surface area contributed by atoms with Crippen molar-refractivity contribution >= 4 is 5.71 Å². The van der Waals surface area contributed by atoms with E-state index in [1.807, 2.05) is 0 Å². The third-order valence-corrected chi connectivity index (χ3v) is 4.33. The van der Waals surface area contributed by atoms with Crippen molar-refractivity contribution in [3.8, 4) is 0 Å². The van der Waals surface area contributed by atoms with Gasteiger partial charge < -0.3 is 5.43 Å². The van der Waals surface area contributed by atoms with Crippen LogP contribution in [0.3, 0.4) is 0 Å². The molecule has 2 nitrogen and oxygen atoms in total. The van der Waals surface area contributed by atoms with E-state index < -0.39 is 0 Å². The van der Waals surface area contributed by atoms with E-state index in [4.69, 9.17) is 5.10 Å². The van der Waals surface area contributed by atoms with E-state index in [0.717, 1.165) is 12.8 Å². The van der Waals surface area contributed by atoms with Gasteiger partial charge in [-0.15, -0.1) is 0 Å². The van der Waals surface area contributed by atoms with Crippen LogP contribution in [0.5, 0.6) is 0 Å². The second-order valence-corrected chi connectivity index (χ2v) is 5.99. The fourth-order valence-corrected chi connectivity index (χ4v) is 3.07. The van der Waals surface area contributed by atoms with Crippen molar-refractivity contribution < 1.29 is 0 Å². The van der Waals surface area contributed by atoms with Crippen molar-refractivity contribution in [2.75, 3.05) is 0 Å². The zero-order valence-electron chi connectivity index (χ0n) is 12.6. The van der Waals surface area contributed by atoms with Gasteiger partial charge in [0.1, 0.15) is 0 Å².